The number of benzene rings is 1. The maximum absolute atomic E-state index is 10.9. The van der Waals surface area contributed by atoms with Crippen molar-refractivity contribution >= 4 is 17.3 Å². The zero-order chi connectivity index (χ0) is 14.9. The summed E-state index contributed by atoms with van der Waals surface area (Å²) in [6, 6.07) is 4.54. The fourth-order valence-electron chi connectivity index (χ4n) is 1.80. The molecule has 0 aliphatic rings. The van der Waals surface area contributed by atoms with Crippen molar-refractivity contribution in [2.24, 2.45) is 0 Å². The molecule has 104 valence electrons. The SMILES string of the molecule is Cc1nc(Cl)cc(Oc2cc([N+](=O)[O-])c(C)cc2C)n1. The number of halogens is 1. The van der Waals surface area contributed by atoms with Crippen molar-refractivity contribution in [3.8, 4) is 11.6 Å². The van der Waals surface area contributed by atoms with E-state index in [2.05, 4.69) is 9.97 Å². The number of aromatic nitrogens is 2. The molecule has 1 aromatic heterocycles. The molecule has 0 radical (unpaired) electrons. The lowest BCUT2D eigenvalue weighted by molar-refractivity contribution is -0.385. The van der Waals surface area contributed by atoms with Crippen LogP contribution >= 0.6 is 11.6 Å². The minimum absolute atomic E-state index is 0.00229. The van der Waals surface area contributed by atoms with E-state index in [-0.39, 0.29) is 16.7 Å². The van der Waals surface area contributed by atoms with Gasteiger partial charge in [0.2, 0.25) is 5.88 Å². The maximum Gasteiger partial charge on any atom is 0.276 e. The molecule has 0 atom stereocenters. The van der Waals surface area contributed by atoms with Gasteiger partial charge in [-0.05, 0) is 32.4 Å². The van der Waals surface area contributed by atoms with E-state index in [0.717, 1.165) is 5.56 Å². The molecule has 0 fully saturated rings. The van der Waals surface area contributed by atoms with E-state index >= 15 is 0 Å². The fraction of sp³-hybridized carbons (Fsp3) is 0.231. The molecule has 0 aliphatic carbocycles. The van der Waals surface area contributed by atoms with Gasteiger partial charge in [-0.2, -0.15) is 4.98 Å². The van der Waals surface area contributed by atoms with Gasteiger partial charge < -0.3 is 4.74 Å². The van der Waals surface area contributed by atoms with Gasteiger partial charge in [0.25, 0.3) is 5.69 Å². The Morgan fingerprint density at radius 1 is 1.15 bits per heavy atom. The molecule has 1 aromatic carbocycles. The number of nitrogens with zero attached hydrogens (tertiary/aromatic N) is 3. The van der Waals surface area contributed by atoms with Gasteiger partial charge in [-0.3, -0.25) is 10.1 Å². The Bertz CT molecular complexity index is 669. The Morgan fingerprint density at radius 3 is 2.45 bits per heavy atom. The Kier molecular flexibility index (Phi) is 3.85. The van der Waals surface area contributed by atoms with E-state index in [1.165, 1.54) is 12.1 Å². The summed E-state index contributed by atoms with van der Waals surface area (Å²) < 4.78 is 5.58. The van der Waals surface area contributed by atoms with E-state index in [0.29, 0.717) is 17.1 Å². The zero-order valence-corrected chi connectivity index (χ0v) is 11.9. The van der Waals surface area contributed by atoms with Crippen molar-refractivity contribution in [2.45, 2.75) is 20.8 Å². The first-order valence-corrected chi connectivity index (χ1v) is 6.19. The number of hydrogen-bond acceptors (Lipinski definition) is 5. The number of rotatable bonds is 3. The predicted molar refractivity (Wildman–Crippen MR) is 74.4 cm³/mol. The van der Waals surface area contributed by atoms with Gasteiger partial charge in [-0.15, -0.1) is 0 Å². The number of ether oxygens (including phenoxy) is 1. The second-order valence-electron chi connectivity index (χ2n) is 4.34. The van der Waals surface area contributed by atoms with E-state index in [1.54, 1.807) is 19.9 Å². The highest BCUT2D eigenvalue weighted by Gasteiger charge is 2.15. The molecule has 2 aromatic rings. The van der Waals surface area contributed by atoms with E-state index in [1.807, 2.05) is 6.92 Å². The Hall–Kier alpha value is -2.21. The summed E-state index contributed by atoms with van der Waals surface area (Å²) in [7, 11) is 0. The standard InChI is InChI=1S/C13H12ClN3O3/c1-7-4-8(2)11(5-10(7)17(18)19)20-13-6-12(14)15-9(3)16-13/h4-6H,1-3H3. The average molecular weight is 294 g/mol. The Balaban J connectivity index is 2.42. The van der Waals surface area contributed by atoms with Crippen LogP contribution < -0.4 is 4.74 Å². The molecule has 0 saturated carbocycles. The lowest BCUT2D eigenvalue weighted by Crippen LogP contribution is -1.97. The van der Waals surface area contributed by atoms with Crippen molar-refractivity contribution in [3.63, 3.8) is 0 Å². The van der Waals surface area contributed by atoms with Gasteiger partial charge in [-0.25, -0.2) is 4.98 Å². The number of nitro benzene ring substituents is 1. The van der Waals surface area contributed by atoms with Crippen LogP contribution in [0.2, 0.25) is 5.15 Å². The summed E-state index contributed by atoms with van der Waals surface area (Å²) in [6.07, 6.45) is 0. The third-order valence-electron chi connectivity index (χ3n) is 2.69. The Morgan fingerprint density at radius 2 is 1.85 bits per heavy atom. The molecule has 1 heterocycles. The second kappa shape index (κ2) is 5.42. The first-order chi connectivity index (χ1) is 9.36. The number of nitro groups is 1. The first-order valence-electron chi connectivity index (χ1n) is 5.81. The maximum atomic E-state index is 10.9. The van der Waals surface area contributed by atoms with Crippen LogP contribution in [0.3, 0.4) is 0 Å². The summed E-state index contributed by atoms with van der Waals surface area (Å²) in [4.78, 5) is 18.5. The van der Waals surface area contributed by atoms with Crippen molar-refractivity contribution in [1.82, 2.24) is 9.97 Å². The molecule has 2 rings (SSSR count). The van der Waals surface area contributed by atoms with Crippen LogP contribution in [-0.2, 0) is 0 Å². The molecule has 0 N–H and O–H groups in total. The highest BCUT2D eigenvalue weighted by atomic mass is 35.5. The summed E-state index contributed by atoms with van der Waals surface area (Å²) in [5.41, 5.74) is 1.36. The average Bonchev–Trinajstić information content (AvgIpc) is 2.30. The summed E-state index contributed by atoms with van der Waals surface area (Å²) in [5, 5.41) is 11.2. The molecule has 0 spiro atoms. The predicted octanol–water partition coefficient (Wildman–Crippen LogP) is 3.76. The van der Waals surface area contributed by atoms with Gasteiger partial charge in [0, 0.05) is 11.6 Å². The van der Waals surface area contributed by atoms with Crippen LogP contribution in [0.25, 0.3) is 0 Å². The smallest absolute Gasteiger partial charge is 0.276 e. The molecule has 0 saturated heterocycles. The lowest BCUT2D eigenvalue weighted by Gasteiger charge is -2.09. The van der Waals surface area contributed by atoms with Crippen LogP contribution in [0, 0.1) is 30.9 Å². The Labute approximate surface area is 120 Å². The van der Waals surface area contributed by atoms with Gasteiger partial charge in [0.1, 0.15) is 16.7 Å². The van der Waals surface area contributed by atoms with Crippen molar-refractivity contribution in [3.05, 3.63) is 50.4 Å². The van der Waals surface area contributed by atoms with E-state index in [4.69, 9.17) is 16.3 Å². The minimum Gasteiger partial charge on any atom is -0.438 e. The third kappa shape index (κ3) is 3.03. The number of hydrogen-bond donors (Lipinski definition) is 0. The van der Waals surface area contributed by atoms with Crippen molar-refractivity contribution in [1.29, 1.82) is 0 Å². The summed E-state index contributed by atoms with van der Waals surface area (Å²) >= 11 is 5.82. The molecule has 0 unspecified atom stereocenters. The molecule has 0 aliphatic heterocycles. The fourth-order valence-corrected chi connectivity index (χ4v) is 2.01. The number of aryl methyl sites for hydroxylation is 3. The molecule has 20 heavy (non-hydrogen) atoms. The molecule has 6 nitrogen and oxygen atoms in total. The van der Waals surface area contributed by atoms with Crippen LogP contribution in [0.4, 0.5) is 5.69 Å². The highest BCUT2D eigenvalue weighted by molar-refractivity contribution is 6.29. The van der Waals surface area contributed by atoms with Gasteiger partial charge >= 0.3 is 0 Å². The minimum atomic E-state index is -0.445. The molecule has 0 bridgehead atoms. The van der Waals surface area contributed by atoms with Gasteiger partial charge in [0.15, 0.2) is 0 Å². The molecular formula is C13H12ClN3O3. The summed E-state index contributed by atoms with van der Waals surface area (Å²) in [5.74, 6) is 1.09. The van der Waals surface area contributed by atoms with Gasteiger partial charge in [-0.1, -0.05) is 11.6 Å². The van der Waals surface area contributed by atoms with Crippen LogP contribution in [0.5, 0.6) is 11.6 Å². The van der Waals surface area contributed by atoms with Gasteiger partial charge in [0.05, 0.1) is 11.0 Å². The van der Waals surface area contributed by atoms with E-state index < -0.39 is 4.92 Å². The quantitative estimate of drug-likeness (QED) is 0.489. The normalized spacial score (nSPS) is 10.4. The second-order valence-corrected chi connectivity index (χ2v) is 4.73. The van der Waals surface area contributed by atoms with Crippen molar-refractivity contribution in [2.75, 3.05) is 0 Å². The molecule has 0 amide bonds. The topological polar surface area (TPSA) is 78.2 Å². The summed E-state index contributed by atoms with van der Waals surface area (Å²) in [6.45, 7) is 5.17. The zero-order valence-electron chi connectivity index (χ0n) is 11.2. The highest BCUT2D eigenvalue weighted by Crippen LogP contribution is 2.31. The first kappa shape index (κ1) is 14.2. The molecule has 7 heteroatoms. The largest absolute Gasteiger partial charge is 0.438 e. The van der Waals surface area contributed by atoms with E-state index in [9.17, 15) is 10.1 Å². The van der Waals surface area contributed by atoms with Crippen LogP contribution in [0.1, 0.15) is 17.0 Å². The van der Waals surface area contributed by atoms with Crippen LogP contribution in [-0.4, -0.2) is 14.9 Å². The molecular weight excluding hydrogens is 282 g/mol. The van der Waals surface area contributed by atoms with Crippen molar-refractivity contribution < 1.29 is 9.66 Å². The third-order valence-corrected chi connectivity index (χ3v) is 2.88. The monoisotopic (exact) mass is 293 g/mol. The van der Waals surface area contributed by atoms with Crippen LogP contribution in [0.15, 0.2) is 18.2 Å². The lowest BCUT2D eigenvalue weighted by atomic mass is 10.1.